The molecular weight excluding hydrogens is 200 g/mol. The number of hydrogen-bond donors (Lipinski definition) is 0. The van der Waals surface area contributed by atoms with E-state index in [1.165, 1.54) is 17.6 Å². The van der Waals surface area contributed by atoms with Crippen LogP contribution in [-0.4, -0.2) is 13.9 Å². The molecule has 0 heterocycles. The second-order valence-electron chi connectivity index (χ2n) is 6.26. The highest BCUT2D eigenvalue weighted by Crippen LogP contribution is 2.54. The summed E-state index contributed by atoms with van der Waals surface area (Å²) in [7, 11) is -1.30. The number of allylic oxidation sites excluding steroid dienone is 4. The highest BCUT2D eigenvalue weighted by molar-refractivity contribution is 6.81. The van der Waals surface area contributed by atoms with Gasteiger partial charge in [0.25, 0.3) is 0 Å². The Bertz CT molecular complexity index is 397. The summed E-state index contributed by atoms with van der Waals surface area (Å²) in [6.07, 6.45) is 6.88. The molecule has 0 spiro atoms. The normalized spacial score (nSPS) is 38.1. The van der Waals surface area contributed by atoms with E-state index < -0.39 is 8.07 Å². The molecule has 0 N–H and O–H groups in total. The summed E-state index contributed by atoms with van der Waals surface area (Å²) >= 11 is 0. The smallest absolute Gasteiger partial charge is 0.160 e. The maximum absolute atomic E-state index is 12.4. The predicted molar refractivity (Wildman–Crippen MR) is 64.5 cm³/mol. The fraction of sp³-hybridized carbons (Fsp3) is 0.615. The van der Waals surface area contributed by atoms with Crippen LogP contribution < -0.4 is 0 Å². The lowest BCUT2D eigenvalue weighted by Gasteiger charge is -2.25. The molecule has 2 bridgehead atoms. The van der Waals surface area contributed by atoms with E-state index in [2.05, 4.69) is 31.8 Å². The van der Waals surface area contributed by atoms with Crippen molar-refractivity contribution < 1.29 is 4.79 Å². The molecule has 3 aliphatic carbocycles. The molecule has 0 radical (unpaired) electrons. The third kappa shape index (κ3) is 1.17. The molecule has 0 aromatic heterocycles. The summed E-state index contributed by atoms with van der Waals surface area (Å²) in [6.45, 7) is 6.98. The van der Waals surface area contributed by atoms with E-state index in [0.717, 1.165) is 6.42 Å². The molecule has 3 aliphatic rings. The number of fused-ring (bicyclic) bond motifs is 4. The third-order valence-corrected chi connectivity index (χ3v) is 6.86. The van der Waals surface area contributed by atoms with E-state index in [-0.39, 0.29) is 0 Å². The van der Waals surface area contributed by atoms with E-state index in [1.54, 1.807) is 0 Å². The minimum atomic E-state index is -1.30. The number of carbonyl (C=O) groups excluding carboxylic acids is 1. The molecule has 1 unspecified atom stereocenters. The first kappa shape index (κ1) is 9.58. The average Bonchev–Trinajstić information content (AvgIpc) is 2.73. The van der Waals surface area contributed by atoms with E-state index in [9.17, 15) is 4.79 Å². The molecule has 0 aromatic rings. The van der Waals surface area contributed by atoms with Gasteiger partial charge in [0.2, 0.25) is 0 Å². The van der Waals surface area contributed by atoms with Gasteiger partial charge in [-0.15, -0.1) is 0 Å². The molecule has 0 fully saturated rings. The van der Waals surface area contributed by atoms with Crippen LogP contribution in [0.5, 0.6) is 0 Å². The lowest BCUT2D eigenvalue weighted by atomic mass is 10.00. The fourth-order valence-corrected chi connectivity index (χ4v) is 5.19. The zero-order valence-corrected chi connectivity index (χ0v) is 10.7. The van der Waals surface area contributed by atoms with Crippen LogP contribution >= 0.6 is 0 Å². The predicted octanol–water partition coefficient (Wildman–Crippen LogP) is 3.17. The quantitative estimate of drug-likeness (QED) is 0.488. The first-order valence-electron chi connectivity index (χ1n) is 5.94. The van der Waals surface area contributed by atoms with Gasteiger partial charge < -0.3 is 0 Å². The molecule has 3 rings (SSSR count). The summed E-state index contributed by atoms with van der Waals surface area (Å²) in [6, 6.07) is 0. The largest absolute Gasteiger partial charge is 0.295 e. The van der Waals surface area contributed by atoms with Crippen molar-refractivity contribution in [3.05, 3.63) is 23.3 Å². The second-order valence-corrected chi connectivity index (χ2v) is 11.7. The van der Waals surface area contributed by atoms with Gasteiger partial charge >= 0.3 is 0 Å². The van der Waals surface area contributed by atoms with Crippen molar-refractivity contribution in [2.75, 3.05) is 0 Å². The molecule has 15 heavy (non-hydrogen) atoms. The monoisotopic (exact) mass is 218 g/mol. The molecule has 1 nitrogen and oxygen atoms in total. The van der Waals surface area contributed by atoms with Gasteiger partial charge in [0.15, 0.2) is 5.78 Å². The van der Waals surface area contributed by atoms with E-state index >= 15 is 0 Å². The number of rotatable bonds is 1. The van der Waals surface area contributed by atoms with Gasteiger partial charge in [-0.05, 0) is 18.8 Å². The van der Waals surface area contributed by atoms with Crippen LogP contribution in [0.3, 0.4) is 0 Å². The molecule has 0 aromatic carbocycles. The van der Waals surface area contributed by atoms with Crippen LogP contribution in [0.4, 0.5) is 0 Å². The van der Waals surface area contributed by atoms with Crippen molar-refractivity contribution >= 4 is 13.9 Å². The first-order chi connectivity index (χ1) is 6.98. The lowest BCUT2D eigenvalue weighted by Crippen LogP contribution is -2.32. The van der Waals surface area contributed by atoms with Crippen LogP contribution in [-0.2, 0) is 4.79 Å². The lowest BCUT2D eigenvalue weighted by molar-refractivity contribution is -0.115. The number of ketones is 1. The second kappa shape index (κ2) is 2.73. The van der Waals surface area contributed by atoms with Crippen molar-refractivity contribution in [2.24, 2.45) is 11.8 Å². The fourth-order valence-electron chi connectivity index (χ4n) is 3.41. The summed E-state index contributed by atoms with van der Waals surface area (Å²) in [5.74, 6) is 1.65. The Labute approximate surface area is 92.3 Å². The number of hydrogen-bond acceptors (Lipinski definition) is 1. The van der Waals surface area contributed by atoms with Crippen LogP contribution in [0, 0.1) is 11.8 Å². The van der Waals surface area contributed by atoms with Crippen molar-refractivity contribution in [1.82, 2.24) is 0 Å². The third-order valence-electron chi connectivity index (χ3n) is 4.30. The van der Waals surface area contributed by atoms with Gasteiger partial charge in [0.05, 0.1) is 8.07 Å². The molecule has 2 heteroatoms. The Balaban J connectivity index is 1.95. The molecular formula is C13H18OSi. The van der Waals surface area contributed by atoms with Gasteiger partial charge in [-0.3, -0.25) is 4.79 Å². The number of carbonyl (C=O) groups is 1. The minimum Gasteiger partial charge on any atom is -0.295 e. The van der Waals surface area contributed by atoms with Gasteiger partial charge in [0, 0.05) is 17.0 Å². The van der Waals surface area contributed by atoms with Crippen LogP contribution in [0.2, 0.25) is 25.2 Å². The highest BCUT2D eigenvalue weighted by atomic mass is 28.3. The van der Waals surface area contributed by atoms with Crippen LogP contribution in [0.25, 0.3) is 0 Å². The summed E-state index contributed by atoms with van der Waals surface area (Å²) in [4.78, 5) is 12.4. The van der Waals surface area contributed by atoms with Gasteiger partial charge in [-0.2, -0.15) is 0 Å². The van der Waals surface area contributed by atoms with Crippen molar-refractivity contribution in [2.45, 2.75) is 38.0 Å². The zero-order chi connectivity index (χ0) is 10.8. The highest BCUT2D eigenvalue weighted by Gasteiger charge is 2.49. The van der Waals surface area contributed by atoms with Crippen molar-refractivity contribution in [3.63, 3.8) is 0 Å². The van der Waals surface area contributed by atoms with Gasteiger partial charge in [0.1, 0.15) is 0 Å². The maximum atomic E-state index is 12.4. The molecule has 0 saturated heterocycles. The Morgan fingerprint density at radius 2 is 1.87 bits per heavy atom. The van der Waals surface area contributed by atoms with Crippen molar-refractivity contribution in [1.29, 1.82) is 0 Å². The molecule has 80 valence electrons. The summed E-state index contributed by atoms with van der Waals surface area (Å²) in [5, 5.41) is 0. The van der Waals surface area contributed by atoms with E-state index in [1.807, 2.05) is 0 Å². The van der Waals surface area contributed by atoms with Crippen molar-refractivity contribution in [3.8, 4) is 0 Å². The molecule has 0 amide bonds. The number of Topliss-reactive ketones (excluding diaryl/α,β-unsaturated/α-hetero) is 1. The minimum absolute atomic E-state index is 0.382. The maximum Gasteiger partial charge on any atom is 0.160 e. The Hall–Kier alpha value is -0.633. The summed E-state index contributed by atoms with van der Waals surface area (Å²) < 4.78 is 0. The molecule has 0 aliphatic heterocycles. The van der Waals surface area contributed by atoms with Gasteiger partial charge in [-0.25, -0.2) is 0 Å². The topological polar surface area (TPSA) is 17.1 Å². The molecule has 3 atom stereocenters. The zero-order valence-electron chi connectivity index (χ0n) is 9.71. The van der Waals surface area contributed by atoms with Gasteiger partial charge in [-0.1, -0.05) is 37.4 Å². The van der Waals surface area contributed by atoms with E-state index in [0.29, 0.717) is 23.2 Å². The van der Waals surface area contributed by atoms with E-state index in [4.69, 9.17) is 0 Å². The standard InChI is InChI=1S/C13H18OSi/c1-15(2,3)11-7-10-8-4-5-9(6-8)12(10)13(11)14/h4-5,8-9,11H,6-7H2,1-3H3/t8-,9+,11?/m0/s1. The molecule has 0 saturated carbocycles. The SMILES string of the molecule is C[Si](C)(C)C1CC2=C(C1=O)[C@@H]1C=C[C@H]2C1. The summed E-state index contributed by atoms with van der Waals surface area (Å²) in [5.41, 5.74) is 3.13. The van der Waals surface area contributed by atoms with Crippen LogP contribution in [0.1, 0.15) is 12.8 Å². The van der Waals surface area contributed by atoms with Crippen LogP contribution in [0.15, 0.2) is 23.3 Å². The first-order valence-corrected chi connectivity index (χ1v) is 9.51. The Morgan fingerprint density at radius 1 is 1.20 bits per heavy atom. The average molecular weight is 218 g/mol. The Morgan fingerprint density at radius 3 is 2.47 bits per heavy atom. The Kier molecular flexibility index (Phi) is 1.74.